The SMILES string of the molecule is O=C(CCc1ccccc1C(=O)O)NCCOCCOCCOCCn1cc(-c2cncs2)nn1. The second-order valence-electron chi connectivity index (χ2n) is 7.38. The number of carbonyl (C=O) groups is 2. The normalized spacial score (nSPS) is 11.0. The number of nitrogens with zero attached hydrogens (tertiary/aromatic N) is 4. The molecule has 11 nitrogen and oxygen atoms in total. The molecule has 0 aliphatic rings. The van der Waals surface area contributed by atoms with Crippen LogP contribution < -0.4 is 5.32 Å². The van der Waals surface area contributed by atoms with Crippen molar-refractivity contribution in [1.82, 2.24) is 25.3 Å². The number of nitrogens with one attached hydrogen (secondary N) is 1. The molecule has 0 fully saturated rings. The Balaban J connectivity index is 1.12. The van der Waals surface area contributed by atoms with Crippen molar-refractivity contribution in [3.63, 3.8) is 0 Å². The molecule has 0 aliphatic carbocycles. The van der Waals surface area contributed by atoms with Gasteiger partial charge in [-0.2, -0.15) is 0 Å². The molecule has 0 radical (unpaired) electrons. The maximum absolute atomic E-state index is 11.9. The zero-order valence-electron chi connectivity index (χ0n) is 19.3. The standard InChI is InChI=1S/C23H29N5O6S/c29-22(6-5-18-3-1-2-4-19(18)23(30)31)25-7-9-32-11-13-34-14-12-33-10-8-28-16-20(26-27-28)21-15-24-17-35-21/h1-4,15-17H,5-14H2,(H,25,29)(H,30,31). The zero-order valence-corrected chi connectivity index (χ0v) is 20.1. The summed E-state index contributed by atoms with van der Waals surface area (Å²) in [6.45, 7) is 3.65. The van der Waals surface area contributed by atoms with E-state index in [4.69, 9.17) is 14.2 Å². The van der Waals surface area contributed by atoms with Gasteiger partial charge < -0.3 is 24.6 Å². The molecule has 2 N–H and O–H groups in total. The first kappa shape index (κ1) is 26.4. The maximum Gasteiger partial charge on any atom is 0.335 e. The summed E-state index contributed by atoms with van der Waals surface area (Å²) in [6.07, 6.45) is 4.22. The Morgan fingerprint density at radius 1 is 1.03 bits per heavy atom. The van der Waals surface area contributed by atoms with Crippen molar-refractivity contribution >= 4 is 23.2 Å². The number of hydrogen-bond acceptors (Lipinski definition) is 9. The van der Waals surface area contributed by atoms with Gasteiger partial charge in [0, 0.05) is 19.2 Å². The molecular formula is C23H29N5O6S. The van der Waals surface area contributed by atoms with Crippen LogP contribution in [0.4, 0.5) is 0 Å². The number of amides is 1. The van der Waals surface area contributed by atoms with E-state index >= 15 is 0 Å². The lowest BCUT2D eigenvalue weighted by Gasteiger charge is -2.08. The maximum atomic E-state index is 11.9. The molecule has 3 rings (SSSR count). The second kappa shape index (κ2) is 14.9. The van der Waals surface area contributed by atoms with E-state index in [1.54, 1.807) is 34.6 Å². The van der Waals surface area contributed by atoms with Crippen molar-refractivity contribution < 1.29 is 28.9 Å². The van der Waals surface area contributed by atoms with E-state index < -0.39 is 5.97 Å². The molecule has 2 heterocycles. The fourth-order valence-corrected chi connectivity index (χ4v) is 3.68. The highest BCUT2D eigenvalue weighted by Crippen LogP contribution is 2.19. The molecule has 3 aromatic rings. The number of ether oxygens (including phenoxy) is 3. The highest BCUT2D eigenvalue weighted by molar-refractivity contribution is 7.13. The average molecular weight is 504 g/mol. The summed E-state index contributed by atoms with van der Waals surface area (Å²) < 4.78 is 18.2. The Hall–Kier alpha value is -3.19. The van der Waals surface area contributed by atoms with Crippen LogP contribution in [0.2, 0.25) is 0 Å². The van der Waals surface area contributed by atoms with Crippen LogP contribution in [0.1, 0.15) is 22.3 Å². The molecule has 12 heteroatoms. The first-order valence-corrected chi connectivity index (χ1v) is 12.1. The van der Waals surface area contributed by atoms with E-state index in [0.29, 0.717) is 64.7 Å². The van der Waals surface area contributed by atoms with Gasteiger partial charge in [-0.05, 0) is 18.1 Å². The molecule has 0 aliphatic heterocycles. The van der Waals surface area contributed by atoms with Crippen molar-refractivity contribution in [3.8, 4) is 10.6 Å². The third kappa shape index (κ3) is 9.53. The summed E-state index contributed by atoms with van der Waals surface area (Å²) in [5, 5.41) is 20.1. The topological polar surface area (TPSA) is 138 Å². The van der Waals surface area contributed by atoms with Gasteiger partial charge in [0.25, 0.3) is 0 Å². The third-order valence-electron chi connectivity index (χ3n) is 4.87. The molecule has 0 bridgehead atoms. The molecule has 2 aromatic heterocycles. The number of aryl methyl sites for hydroxylation is 1. The van der Waals surface area contributed by atoms with Crippen LogP contribution >= 0.6 is 11.3 Å². The van der Waals surface area contributed by atoms with Crippen LogP contribution in [-0.2, 0) is 32.0 Å². The van der Waals surface area contributed by atoms with Gasteiger partial charge in [0.05, 0.1) is 68.3 Å². The van der Waals surface area contributed by atoms with E-state index in [9.17, 15) is 14.7 Å². The van der Waals surface area contributed by atoms with Crippen molar-refractivity contribution in [2.45, 2.75) is 19.4 Å². The Labute approximate surface area is 207 Å². The van der Waals surface area contributed by atoms with Gasteiger partial charge in [-0.3, -0.25) is 9.78 Å². The monoisotopic (exact) mass is 503 g/mol. The first-order chi connectivity index (χ1) is 17.1. The molecule has 0 atom stereocenters. The van der Waals surface area contributed by atoms with E-state index in [1.165, 1.54) is 17.4 Å². The lowest BCUT2D eigenvalue weighted by molar-refractivity contribution is -0.121. The Kier molecular flexibility index (Phi) is 11.3. The largest absolute Gasteiger partial charge is 0.478 e. The quantitative estimate of drug-likeness (QED) is 0.265. The minimum absolute atomic E-state index is 0.146. The van der Waals surface area contributed by atoms with Gasteiger partial charge in [0.1, 0.15) is 5.69 Å². The minimum Gasteiger partial charge on any atom is -0.478 e. The summed E-state index contributed by atoms with van der Waals surface area (Å²) in [5.41, 5.74) is 3.43. The Morgan fingerprint density at radius 3 is 2.51 bits per heavy atom. The van der Waals surface area contributed by atoms with Crippen LogP contribution in [-0.4, -0.2) is 83.1 Å². The van der Waals surface area contributed by atoms with Crippen LogP contribution in [0.25, 0.3) is 10.6 Å². The highest BCUT2D eigenvalue weighted by atomic mass is 32.1. The minimum atomic E-state index is -0.989. The summed E-state index contributed by atoms with van der Waals surface area (Å²) in [7, 11) is 0. The van der Waals surface area contributed by atoms with Gasteiger partial charge in [-0.1, -0.05) is 23.4 Å². The number of aromatic nitrogens is 4. The number of thiazole rings is 1. The molecule has 188 valence electrons. The van der Waals surface area contributed by atoms with Crippen molar-refractivity contribution in [2.24, 2.45) is 0 Å². The number of rotatable bonds is 17. The molecule has 35 heavy (non-hydrogen) atoms. The summed E-state index contributed by atoms with van der Waals surface area (Å²) >= 11 is 1.52. The van der Waals surface area contributed by atoms with E-state index in [0.717, 1.165) is 10.6 Å². The van der Waals surface area contributed by atoms with Crippen LogP contribution in [0, 0.1) is 0 Å². The van der Waals surface area contributed by atoms with Gasteiger partial charge in [-0.25, -0.2) is 9.48 Å². The zero-order chi connectivity index (χ0) is 24.7. The number of benzene rings is 1. The third-order valence-corrected chi connectivity index (χ3v) is 5.67. The molecule has 1 aromatic carbocycles. The van der Waals surface area contributed by atoms with E-state index in [1.807, 2.05) is 6.20 Å². The van der Waals surface area contributed by atoms with E-state index in [-0.39, 0.29) is 17.9 Å². The fourth-order valence-electron chi connectivity index (χ4n) is 3.11. The second-order valence-corrected chi connectivity index (χ2v) is 8.27. The summed E-state index contributed by atoms with van der Waals surface area (Å²) in [4.78, 5) is 28.2. The highest BCUT2D eigenvalue weighted by Gasteiger charge is 2.10. The Bertz CT molecular complexity index is 1040. The van der Waals surface area contributed by atoms with Gasteiger partial charge in [0.2, 0.25) is 5.91 Å². The lowest BCUT2D eigenvalue weighted by Crippen LogP contribution is -2.28. The number of carboxylic acid groups (broad SMARTS) is 1. The predicted octanol–water partition coefficient (Wildman–Crippen LogP) is 1.90. The number of hydrogen-bond donors (Lipinski definition) is 2. The molecule has 0 saturated heterocycles. The molecular weight excluding hydrogens is 474 g/mol. The van der Waals surface area contributed by atoms with Crippen molar-refractivity contribution in [2.75, 3.05) is 46.2 Å². The molecule has 0 unspecified atom stereocenters. The fraction of sp³-hybridized carbons (Fsp3) is 0.435. The average Bonchev–Trinajstić information content (AvgIpc) is 3.56. The van der Waals surface area contributed by atoms with Crippen molar-refractivity contribution in [3.05, 3.63) is 53.3 Å². The van der Waals surface area contributed by atoms with Crippen molar-refractivity contribution in [1.29, 1.82) is 0 Å². The van der Waals surface area contributed by atoms with E-state index in [2.05, 4.69) is 20.6 Å². The lowest BCUT2D eigenvalue weighted by atomic mass is 10.0. The van der Waals surface area contributed by atoms with Crippen LogP contribution in [0.15, 0.2) is 42.2 Å². The number of carboxylic acids is 1. The Morgan fingerprint density at radius 2 is 1.77 bits per heavy atom. The number of carbonyl (C=O) groups excluding carboxylic acids is 1. The van der Waals surface area contributed by atoms with Crippen LogP contribution in [0.3, 0.4) is 0 Å². The van der Waals surface area contributed by atoms with Crippen LogP contribution in [0.5, 0.6) is 0 Å². The van der Waals surface area contributed by atoms with Gasteiger partial charge in [-0.15, -0.1) is 16.4 Å². The van der Waals surface area contributed by atoms with Gasteiger partial charge >= 0.3 is 5.97 Å². The number of aromatic carboxylic acids is 1. The predicted molar refractivity (Wildman–Crippen MR) is 128 cm³/mol. The molecule has 0 saturated carbocycles. The summed E-state index contributed by atoms with van der Waals surface area (Å²) in [5.74, 6) is -1.13. The smallest absolute Gasteiger partial charge is 0.335 e. The van der Waals surface area contributed by atoms with Gasteiger partial charge in [0.15, 0.2) is 0 Å². The summed E-state index contributed by atoms with van der Waals surface area (Å²) in [6, 6.07) is 6.70. The molecule has 0 spiro atoms. The first-order valence-electron chi connectivity index (χ1n) is 11.2. The molecule has 1 amide bonds.